The second kappa shape index (κ2) is 7.97. The van der Waals surface area contributed by atoms with Crippen LogP contribution in [0.25, 0.3) is 10.7 Å². The molecule has 1 aliphatic heterocycles. The molecule has 136 valence electrons. The highest BCUT2D eigenvalue weighted by Crippen LogP contribution is 2.24. The van der Waals surface area contributed by atoms with Crippen molar-refractivity contribution in [1.82, 2.24) is 15.0 Å². The van der Waals surface area contributed by atoms with Crippen LogP contribution in [0.15, 0.2) is 46.3 Å². The summed E-state index contributed by atoms with van der Waals surface area (Å²) in [6.07, 6.45) is 2.16. The molecule has 0 spiro atoms. The first-order chi connectivity index (χ1) is 12.8. The van der Waals surface area contributed by atoms with Crippen molar-refractivity contribution in [2.75, 3.05) is 19.7 Å². The maximum Gasteiger partial charge on any atom is 0.241 e. The third-order valence-corrected chi connectivity index (χ3v) is 5.35. The molecule has 0 unspecified atom stereocenters. The molecule has 0 N–H and O–H groups in total. The highest BCUT2D eigenvalue weighted by atomic mass is 32.1. The highest BCUT2D eigenvalue weighted by molar-refractivity contribution is 7.13. The van der Waals surface area contributed by atoms with Gasteiger partial charge in [0.05, 0.1) is 18.0 Å². The largest absolute Gasteiger partial charge is 0.490 e. The average molecular weight is 373 g/mol. The Hall–Kier alpha value is -2.25. The van der Waals surface area contributed by atoms with Crippen molar-refractivity contribution in [2.45, 2.75) is 19.4 Å². The number of thiophene rings is 1. The molecule has 0 aliphatic carbocycles. The summed E-state index contributed by atoms with van der Waals surface area (Å²) in [7, 11) is 0. The van der Waals surface area contributed by atoms with E-state index in [0.29, 0.717) is 36.5 Å². The second-order valence-corrected chi connectivity index (χ2v) is 7.42. The molecule has 3 heterocycles. The lowest BCUT2D eigenvalue weighted by molar-refractivity contribution is 0.113. The number of ether oxygens (including phenoxy) is 1. The number of nitrogens with zero attached hydrogens (tertiary/aromatic N) is 3. The van der Waals surface area contributed by atoms with Crippen molar-refractivity contribution in [3.63, 3.8) is 0 Å². The van der Waals surface area contributed by atoms with Crippen LogP contribution in [0.2, 0.25) is 0 Å². The summed E-state index contributed by atoms with van der Waals surface area (Å²) in [5, 5.41) is 6.06. The lowest BCUT2D eigenvalue weighted by Gasteiger charge is -2.31. The molecule has 1 atom stereocenters. The third-order valence-electron chi connectivity index (χ3n) is 4.48. The van der Waals surface area contributed by atoms with Gasteiger partial charge in [-0.1, -0.05) is 23.4 Å². The topological polar surface area (TPSA) is 51.4 Å². The van der Waals surface area contributed by atoms with E-state index in [-0.39, 0.29) is 5.82 Å². The monoisotopic (exact) mass is 373 g/mol. The van der Waals surface area contributed by atoms with Gasteiger partial charge in [-0.2, -0.15) is 4.98 Å². The van der Waals surface area contributed by atoms with Gasteiger partial charge in [-0.15, -0.1) is 11.3 Å². The number of halogens is 1. The van der Waals surface area contributed by atoms with Gasteiger partial charge in [0, 0.05) is 12.5 Å². The molecule has 0 saturated carbocycles. The van der Waals surface area contributed by atoms with Gasteiger partial charge in [-0.25, -0.2) is 4.39 Å². The maximum absolute atomic E-state index is 13.7. The number of hydrogen-bond donors (Lipinski definition) is 0. The van der Waals surface area contributed by atoms with Crippen molar-refractivity contribution in [2.24, 2.45) is 5.92 Å². The smallest absolute Gasteiger partial charge is 0.241 e. The van der Waals surface area contributed by atoms with Gasteiger partial charge in [-0.05, 0) is 43.0 Å². The molecule has 7 heteroatoms. The quantitative estimate of drug-likeness (QED) is 0.647. The summed E-state index contributed by atoms with van der Waals surface area (Å²) < 4.78 is 24.7. The molecule has 1 saturated heterocycles. The van der Waals surface area contributed by atoms with Gasteiger partial charge < -0.3 is 9.26 Å². The van der Waals surface area contributed by atoms with Crippen LogP contribution in [-0.4, -0.2) is 34.7 Å². The van der Waals surface area contributed by atoms with Gasteiger partial charge in [0.2, 0.25) is 11.7 Å². The molecule has 0 bridgehead atoms. The minimum atomic E-state index is -0.313. The molecule has 0 amide bonds. The van der Waals surface area contributed by atoms with Crippen LogP contribution in [0.4, 0.5) is 4.39 Å². The number of piperidine rings is 1. The number of para-hydroxylation sites is 1. The van der Waals surface area contributed by atoms with Crippen LogP contribution in [0, 0.1) is 11.7 Å². The molecule has 4 rings (SSSR count). The van der Waals surface area contributed by atoms with Gasteiger partial charge in [0.1, 0.15) is 0 Å². The summed E-state index contributed by atoms with van der Waals surface area (Å²) in [6.45, 7) is 3.02. The van der Waals surface area contributed by atoms with Crippen molar-refractivity contribution in [3.8, 4) is 16.5 Å². The van der Waals surface area contributed by atoms with E-state index in [2.05, 4.69) is 15.0 Å². The molecule has 1 fully saturated rings. The summed E-state index contributed by atoms with van der Waals surface area (Å²) in [6, 6.07) is 10.5. The Bertz CT molecular complexity index is 837. The zero-order valence-electron chi connectivity index (χ0n) is 14.3. The second-order valence-electron chi connectivity index (χ2n) is 6.47. The molecule has 0 radical (unpaired) electrons. The summed E-state index contributed by atoms with van der Waals surface area (Å²) >= 11 is 1.60. The highest BCUT2D eigenvalue weighted by Gasteiger charge is 2.23. The van der Waals surface area contributed by atoms with Crippen molar-refractivity contribution in [3.05, 3.63) is 53.5 Å². The fourth-order valence-corrected chi connectivity index (χ4v) is 3.87. The van der Waals surface area contributed by atoms with Gasteiger partial charge in [-0.3, -0.25) is 4.90 Å². The first kappa shape index (κ1) is 17.2. The molecule has 1 aliphatic rings. The molecule has 5 nitrogen and oxygen atoms in total. The number of aromatic nitrogens is 2. The van der Waals surface area contributed by atoms with E-state index in [1.807, 2.05) is 17.5 Å². The fourth-order valence-electron chi connectivity index (χ4n) is 3.22. The first-order valence-electron chi connectivity index (χ1n) is 8.74. The van der Waals surface area contributed by atoms with E-state index in [1.165, 1.54) is 6.07 Å². The van der Waals surface area contributed by atoms with Crippen LogP contribution < -0.4 is 4.74 Å². The van der Waals surface area contributed by atoms with E-state index in [0.717, 1.165) is 30.8 Å². The Morgan fingerprint density at radius 3 is 3.04 bits per heavy atom. The normalized spacial score (nSPS) is 18.1. The van der Waals surface area contributed by atoms with Crippen molar-refractivity contribution in [1.29, 1.82) is 0 Å². The Labute approximate surface area is 155 Å². The lowest BCUT2D eigenvalue weighted by Crippen LogP contribution is -2.37. The van der Waals surface area contributed by atoms with Crippen LogP contribution in [-0.2, 0) is 6.54 Å². The molecule has 1 aromatic carbocycles. The van der Waals surface area contributed by atoms with E-state index in [1.54, 1.807) is 29.5 Å². The van der Waals surface area contributed by atoms with Crippen LogP contribution in [0.1, 0.15) is 18.7 Å². The molecular formula is C19H20FN3O2S. The molecule has 2 aromatic heterocycles. The zero-order valence-corrected chi connectivity index (χ0v) is 15.1. The van der Waals surface area contributed by atoms with Crippen molar-refractivity contribution < 1.29 is 13.7 Å². The number of likely N-dealkylation sites (tertiary alicyclic amines) is 1. The van der Waals surface area contributed by atoms with Crippen molar-refractivity contribution >= 4 is 11.3 Å². The van der Waals surface area contributed by atoms with Gasteiger partial charge in [0.15, 0.2) is 11.6 Å². The summed E-state index contributed by atoms with van der Waals surface area (Å²) in [5.41, 5.74) is 0. The lowest BCUT2D eigenvalue weighted by atomic mass is 9.99. The zero-order chi connectivity index (χ0) is 17.8. The summed E-state index contributed by atoms with van der Waals surface area (Å²) in [5.74, 6) is 1.65. The fraction of sp³-hybridized carbons (Fsp3) is 0.368. The SMILES string of the molecule is Fc1ccccc1OC[C@@H]1CCCN(Cc2nc(-c3cccs3)no2)C1. The third kappa shape index (κ3) is 4.11. The van der Waals surface area contributed by atoms with Gasteiger partial charge in [0.25, 0.3) is 0 Å². The van der Waals surface area contributed by atoms with E-state index < -0.39 is 0 Å². The Balaban J connectivity index is 1.32. The first-order valence-corrected chi connectivity index (χ1v) is 9.62. The molecule has 26 heavy (non-hydrogen) atoms. The molecule has 3 aromatic rings. The minimum absolute atomic E-state index is 0.313. The average Bonchev–Trinajstić information content (AvgIpc) is 3.33. The number of rotatable bonds is 6. The maximum atomic E-state index is 13.7. The van der Waals surface area contributed by atoms with Crippen LogP contribution in [0.5, 0.6) is 5.75 Å². The van der Waals surface area contributed by atoms with Gasteiger partial charge >= 0.3 is 0 Å². The van der Waals surface area contributed by atoms with E-state index in [4.69, 9.17) is 9.26 Å². The van der Waals surface area contributed by atoms with E-state index >= 15 is 0 Å². The Morgan fingerprint density at radius 1 is 1.27 bits per heavy atom. The predicted molar refractivity (Wildman–Crippen MR) is 97.5 cm³/mol. The number of hydrogen-bond acceptors (Lipinski definition) is 6. The Kier molecular flexibility index (Phi) is 5.26. The molecular weight excluding hydrogens is 353 g/mol. The predicted octanol–water partition coefficient (Wildman–Crippen LogP) is 4.23. The Morgan fingerprint density at radius 2 is 2.19 bits per heavy atom. The minimum Gasteiger partial charge on any atom is -0.490 e. The van der Waals surface area contributed by atoms with E-state index in [9.17, 15) is 4.39 Å². The number of benzene rings is 1. The van der Waals surface area contributed by atoms with Crippen LogP contribution >= 0.6 is 11.3 Å². The standard InChI is InChI=1S/C19H20FN3O2S/c20-15-6-1-2-7-16(15)24-13-14-5-3-9-23(11-14)12-18-21-19(22-25-18)17-8-4-10-26-17/h1-2,4,6-8,10,14H,3,5,9,11-13H2/t14-/m1/s1. The summed E-state index contributed by atoms with van der Waals surface area (Å²) in [4.78, 5) is 7.79. The van der Waals surface area contributed by atoms with Crippen LogP contribution in [0.3, 0.4) is 0 Å².